The molecule has 0 radical (unpaired) electrons. The number of nitrogens with zero attached hydrogens (tertiary/aromatic N) is 1. The van der Waals surface area contributed by atoms with Crippen molar-refractivity contribution < 1.29 is 19.4 Å². The predicted molar refractivity (Wildman–Crippen MR) is 153 cm³/mol. The third-order valence-electron chi connectivity index (χ3n) is 5.71. The SMILES string of the molecule is CC#CC#CC#COc1ccc(C(=O)Oc2ccc(/C=N\CCCCCCCCCCCC)c(O)c2)cc1. The van der Waals surface area contributed by atoms with Crippen molar-refractivity contribution in [2.75, 3.05) is 6.54 Å². The highest BCUT2D eigenvalue weighted by Gasteiger charge is 2.10. The number of rotatable bonds is 15. The third-order valence-corrected chi connectivity index (χ3v) is 5.71. The number of carbonyl (C=O) groups excluding carboxylic acids is 1. The highest BCUT2D eigenvalue weighted by Crippen LogP contribution is 2.23. The maximum absolute atomic E-state index is 12.4. The monoisotopic (exact) mass is 511 g/mol. The van der Waals surface area contributed by atoms with Crippen molar-refractivity contribution in [3.8, 4) is 53.0 Å². The van der Waals surface area contributed by atoms with Crippen LogP contribution in [0.25, 0.3) is 0 Å². The number of unbranched alkanes of at least 4 members (excludes halogenated alkanes) is 9. The van der Waals surface area contributed by atoms with E-state index in [1.54, 1.807) is 49.5 Å². The number of benzene rings is 2. The lowest BCUT2D eigenvalue weighted by Gasteiger charge is -2.07. The van der Waals surface area contributed by atoms with Crippen LogP contribution in [0.2, 0.25) is 0 Å². The van der Waals surface area contributed by atoms with E-state index in [2.05, 4.69) is 47.6 Å². The summed E-state index contributed by atoms with van der Waals surface area (Å²) >= 11 is 0. The third kappa shape index (κ3) is 12.7. The van der Waals surface area contributed by atoms with Gasteiger partial charge in [0, 0.05) is 36.2 Å². The highest BCUT2D eigenvalue weighted by atomic mass is 16.5. The van der Waals surface area contributed by atoms with E-state index in [1.807, 2.05) is 0 Å². The molecular weight excluding hydrogens is 474 g/mol. The van der Waals surface area contributed by atoms with Gasteiger partial charge in [-0.1, -0.05) is 70.6 Å². The normalized spacial score (nSPS) is 9.95. The Labute approximate surface area is 227 Å². The van der Waals surface area contributed by atoms with Crippen LogP contribution in [0.4, 0.5) is 0 Å². The Morgan fingerprint density at radius 2 is 1.47 bits per heavy atom. The number of aromatic hydroxyl groups is 1. The fraction of sp³-hybridized carbons (Fsp3) is 0.394. The molecule has 0 unspecified atom stereocenters. The molecule has 2 aromatic rings. The van der Waals surface area contributed by atoms with E-state index < -0.39 is 5.97 Å². The standard InChI is InChI=1S/C33H37NO4/c1-3-5-7-9-10-11-12-13-14-16-24-34-27-29-20-23-31(26-32(29)35)38-33(36)28-18-21-30(22-19-28)37-25-17-15-8-6-4-2/h18-23,26-27,35H,3,5,7,9-14,16,24H2,1-2H3/b34-27-. The first kappa shape index (κ1) is 30.1. The quantitative estimate of drug-likeness (QED) is 0.0894. The summed E-state index contributed by atoms with van der Waals surface area (Å²) in [6, 6.07) is 11.1. The van der Waals surface area contributed by atoms with Crippen molar-refractivity contribution in [2.24, 2.45) is 4.99 Å². The lowest BCUT2D eigenvalue weighted by atomic mass is 10.1. The molecule has 5 nitrogen and oxygen atoms in total. The van der Waals surface area contributed by atoms with Crippen molar-refractivity contribution in [2.45, 2.75) is 78.1 Å². The fourth-order valence-corrected chi connectivity index (χ4v) is 3.61. The van der Waals surface area contributed by atoms with Crippen LogP contribution in [0, 0.1) is 35.7 Å². The molecular formula is C33H37NO4. The second kappa shape index (κ2) is 19.0. The molecule has 38 heavy (non-hydrogen) atoms. The summed E-state index contributed by atoms with van der Waals surface area (Å²) in [5, 5.41) is 10.3. The summed E-state index contributed by atoms with van der Waals surface area (Å²) in [7, 11) is 0. The van der Waals surface area contributed by atoms with Crippen molar-refractivity contribution in [3.05, 3.63) is 53.6 Å². The van der Waals surface area contributed by atoms with Gasteiger partial charge in [-0.25, -0.2) is 4.79 Å². The maximum Gasteiger partial charge on any atom is 0.343 e. The average molecular weight is 512 g/mol. The van der Waals surface area contributed by atoms with Gasteiger partial charge < -0.3 is 14.6 Å². The molecule has 0 aliphatic carbocycles. The van der Waals surface area contributed by atoms with Crippen LogP contribution in [0.1, 0.15) is 94.0 Å². The van der Waals surface area contributed by atoms with E-state index in [0.29, 0.717) is 16.9 Å². The van der Waals surface area contributed by atoms with Crippen LogP contribution in [0.5, 0.6) is 17.2 Å². The molecule has 0 aliphatic heterocycles. The Bertz CT molecular complexity index is 1210. The summed E-state index contributed by atoms with van der Waals surface area (Å²) in [5.74, 6) is 13.0. The molecule has 0 amide bonds. The lowest BCUT2D eigenvalue weighted by Crippen LogP contribution is -2.08. The van der Waals surface area contributed by atoms with Crippen molar-refractivity contribution in [1.82, 2.24) is 0 Å². The summed E-state index contributed by atoms with van der Waals surface area (Å²) in [6.45, 7) is 4.68. The zero-order valence-corrected chi connectivity index (χ0v) is 22.5. The molecule has 0 aliphatic rings. The molecule has 1 N–H and O–H groups in total. The Morgan fingerprint density at radius 1 is 0.842 bits per heavy atom. The number of esters is 1. The molecule has 0 saturated carbocycles. The Balaban J connectivity index is 1.72. The lowest BCUT2D eigenvalue weighted by molar-refractivity contribution is 0.0734. The van der Waals surface area contributed by atoms with Gasteiger partial charge in [-0.2, -0.15) is 0 Å². The van der Waals surface area contributed by atoms with E-state index in [4.69, 9.17) is 9.47 Å². The molecule has 0 aromatic heterocycles. The zero-order valence-electron chi connectivity index (χ0n) is 22.5. The van der Waals surface area contributed by atoms with Gasteiger partial charge >= 0.3 is 5.97 Å². The summed E-state index contributed by atoms with van der Waals surface area (Å²) in [6.07, 6.45) is 17.0. The molecule has 0 bridgehead atoms. The number of phenolic OH excluding ortho intramolecular Hbond substituents is 1. The van der Waals surface area contributed by atoms with Crippen molar-refractivity contribution in [3.63, 3.8) is 0 Å². The summed E-state index contributed by atoms with van der Waals surface area (Å²) in [5.41, 5.74) is 0.927. The van der Waals surface area contributed by atoms with Gasteiger partial charge in [0.2, 0.25) is 0 Å². The molecule has 0 saturated heterocycles. The molecule has 0 fully saturated rings. The number of hydrogen-bond donors (Lipinski definition) is 1. The van der Waals surface area contributed by atoms with Crippen molar-refractivity contribution in [1.29, 1.82) is 0 Å². The van der Waals surface area contributed by atoms with Gasteiger partial charge in [-0.3, -0.25) is 4.99 Å². The summed E-state index contributed by atoms with van der Waals surface area (Å²) < 4.78 is 10.6. The van der Waals surface area contributed by atoms with Crippen LogP contribution in [-0.2, 0) is 0 Å². The van der Waals surface area contributed by atoms with Crippen LogP contribution in [0.15, 0.2) is 47.5 Å². The topological polar surface area (TPSA) is 68.1 Å². The van der Waals surface area contributed by atoms with E-state index in [-0.39, 0.29) is 11.5 Å². The van der Waals surface area contributed by atoms with Gasteiger partial charge in [0.1, 0.15) is 23.4 Å². The number of hydrogen-bond acceptors (Lipinski definition) is 5. The highest BCUT2D eigenvalue weighted by molar-refractivity contribution is 5.91. The number of aliphatic imine (C=N–C) groups is 1. The molecule has 2 rings (SSSR count). The molecule has 0 heterocycles. The number of phenols is 1. The molecule has 5 heteroatoms. The van der Waals surface area contributed by atoms with E-state index >= 15 is 0 Å². The van der Waals surface area contributed by atoms with Gasteiger partial charge in [0.15, 0.2) is 0 Å². The van der Waals surface area contributed by atoms with Crippen LogP contribution in [0.3, 0.4) is 0 Å². The maximum atomic E-state index is 12.4. The fourth-order valence-electron chi connectivity index (χ4n) is 3.61. The Hall–Kier alpha value is -4.14. The molecule has 0 spiro atoms. The van der Waals surface area contributed by atoms with E-state index in [0.717, 1.165) is 13.0 Å². The summed E-state index contributed by atoms with van der Waals surface area (Å²) in [4.78, 5) is 16.9. The van der Waals surface area contributed by atoms with E-state index in [9.17, 15) is 9.90 Å². The number of carbonyl (C=O) groups is 1. The first-order valence-corrected chi connectivity index (χ1v) is 13.4. The average Bonchev–Trinajstić information content (AvgIpc) is 2.92. The zero-order chi connectivity index (χ0) is 27.3. The van der Waals surface area contributed by atoms with Gasteiger partial charge in [0.25, 0.3) is 0 Å². The second-order valence-electron chi connectivity index (χ2n) is 8.81. The number of ether oxygens (including phenoxy) is 2. The molecule has 0 atom stereocenters. The minimum atomic E-state index is -0.548. The second-order valence-corrected chi connectivity index (χ2v) is 8.81. The minimum Gasteiger partial charge on any atom is -0.507 e. The van der Waals surface area contributed by atoms with Gasteiger partial charge in [0.05, 0.1) is 5.56 Å². The predicted octanol–water partition coefficient (Wildman–Crippen LogP) is 7.32. The van der Waals surface area contributed by atoms with Gasteiger partial charge in [-0.15, -0.1) is 0 Å². The van der Waals surface area contributed by atoms with Crippen LogP contribution in [-0.4, -0.2) is 23.8 Å². The van der Waals surface area contributed by atoms with Crippen LogP contribution >= 0.6 is 0 Å². The largest absolute Gasteiger partial charge is 0.507 e. The van der Waals surface area contributed by atoms with Gasteiger partial charge in [-0.05, 0) is 61.6 Å². The van der Waals surface area contributed by atoms with E-state index in [1.165, 1.54) is 63.9 Å². The smallest absolute Gasteiger partial charge is 0.343 e. The van der Waals surface area contributed by atoms with Crippen LogP contribution < -0.4 is 9.47 Å². The Morgan fingerprint density at radius 3 is 2.13 bits per heavy atom. The first-order chi connectivity index (χ1) is 18.6. The minimum absolute atomic E-state index is 0.0115. The Kier molecular flexibility index (Phi) is 15.1. The molecule has 2 aromatic carbocycles. The molecule has 198 valence electrons. The van der Waals surface area contributed by atoms with Crippen molar-refractivity contribution >= 4 is 12.2 Å². The first-order valence-electron chi connectivity index (χ1n) is 13.4.